The molecule has 17 heavy (non-hydrogen) atoms. The summed E-state index contributed by atoms with van der Waals surface area (Å²) in [6.45, 7) is 4.00. The normalized spacial score (nSPS) is 12.6. The van der Waals surface area contributed by atoms with Crippen molar-refractivity contribution in [1.29, 1.82) is 0 Å². The van der Waals surface area contributed by atoms with Crippen molar-refractivity contribution >= 4 is 0 Å². The molecule has 0 aromatic carbocycles. The Balaban J connectivity index is 2.18. The van der Waals surface area contributed by atoms with E-state index in [0.29, 0.717) is 11.7 Å². The fourth-order valence-electron chi connectivity index (χ4n) is 1.52. The summed E-state index contributed by atoms with van der Waals surface area (Å²) >= 11 is 0. The first-order chi connectivity index (χ1) is 8.20. The summed E-state index contributed by atoms with van der Waals surface area (Å²) in [5.74, 6) is 1.15. The number of hydrogen-bond acceptors (Lipinski definition) is 5. The highest BCUT2D eigenvalue weighted by Crippen LogP contribution is 2.16. The number of pyridine rings is 1. The minimum absolute atomic E-state index is 0.377. The Morgan fingerprint density at radius 1 is 1.41 bits per heavy atom. The number of rotatable bonds is 4. The van der Waals surface area contributed by atoms with Crippen LogP contribution in [-0.2, 0) is 6.42 Å². The largest absolute Gasteiger partial charge is 0.339 e. The molecule has 0 amide bonds. The number of nitrogens with two attached hydrogens (primary N) is 1. The van der Waals surface area contributed by atoms with Gasteiger partial charge in [-0.25, -0.2) is 0 Å². The van der Waals surface area contributed by atoms with Gasteiger partial charge in [0, 0.05) is 18.3 Å². The molecular formula is C12H16N4O. The molecule has 1 unspecified atom stereocenters. The van der Waals surface area contributed by atoms with Crippen LogP contribution in [-0.4, -0.2) is 15.1 Å². The SMILES string of the molecule is CCCc1nc(C(N)c2ccc(C)nc2)no1. The van der Waals surface area contributed by atoms with Crippen molar-refractivity contribution in [1.82, 2.24) is 15.1 Å². The molecule has 0 radical (unpaired) electrons. The summed E-state index contributed by atoms with van der Waals surface area (Å²) in [5, 5.41) is 3.89. The van der Waals surface area contributed by atoms with Gasteiger partial charge in [-0.1, -0.05) is 18.1 Å². The zero-order chi connectivity index (χ0) is 12.3. The highest BCUT2D eigenvalue weighted by molar-refractivity contribution is 5.22. The third-order valence-electron chi connectivity index (χ3n) is 2.52. The van der Waals surface area contributed by atoms with Gasteiger partial charge in [0.25, 0.3) is 0 Å². The van der Waals surface area contributed by atoms with Crippen LogP contribution in [0.5, 0.6) is 0 Å². The van der Waals surface area contributed by atoms with Crippen LogP contribution in [0.3, 0.4) is 0 Å². The Morgan fingerprint density at radius 2 is 2.24 bits per heavy atom. The van der Waals surface area contributed by atoms with Crippen LogP contribution in [0.1, 0.15) is 42.4 Å². The summed E-state index contributed by atoms with van der Waals surface area (Å²) < 4.78 is 5.11. The summed E-state index contributed by atoms with van der Waals surface area (Å²) in [5.41, 5.74) is 7.90. The molecule has 0 aliphatic carbocycles. The first-order valence-electron chi connectivity index (χ1n) is 5.71. The monoisotopic (exact) mass is 232 g/mol. The van der Waals surface area contributed by atoms with Crippen molar-refractivity contribution < 1.29 is 4.52 Å². The molecule has 2 N–H and O–H groups in total. The Kier molecular flexibility index (Phi) is 3.49. The van der Waals surface area contributed by atoms with E-state index in [4.69, 9.17) is 10.3 Å². The number of aromatic nitrogens is 3. The molecule has 2 rings (SSSR count). The molecule has 1 atom stereocenters. The van der Waals surface area contributed by atoms with E-state index in [0.717, 1.165) is 24.1 Å². The van der Waals surface area contributed by atoms with E-state index in [1.807, 2.05) is 19.1 Å². The molecule has 5 nitrogen and oxygen atoms in total. The lowest BCUT2D eigenvalue weighted by atomic mass is 10.1. The third-order valence-corrected chi connectivity index (χ3v) is 2.52. The molecular weight excluding hydrogens is 216 g/mol. The van der Waals surface area contributed by atoms with Crippen molar-refractivity contribution in [2.75, 3.05) is 0 Å². The molecule has 0 fully saturated rings. The lowest BCUT2D eigenvalue weighted by molar-refractivity contribution is 0.370. The summed E-state index contributed by atoms with van der Waals surface area (Å²) in [7, 11) is 0. The summed E-state index contributed by atoms with van der Waals surface area (Å²) in [6, 6.07) is 3.47. The van der Waals surface area contributed by atoms with Gasteiger partial charge in [0.1, 0.15) is 0 Å². The van der Waals surface area contributed by atoms with Crippen molar-refractivity contribution in [3.05, 3.63) is 41.3 Å². The maximum Gasteiger partial charge on any atom is 0.226 e. The van der Waals surface area contributed by atoms with E-state index in [9.17, 15) is 0 Å². The molecule has 0 bridgehead atoms. The van der Waals surface area contributed by atoms with Gasteiger partial charge in [-0.2, -0.15) is 4.98 Å². The van der Waals surface area contributed by atoms with E-state index in [-0.39, 0.29) is 6.04 Å². The van der Waals surface area contributed by atoms with E-state index in [1.165, 1.54) is 0 Å². The van der Waals surface area contributed by atoms with Crippen molar-refractivity contribution in [3.8, 4) is 0 Å². The summed E-state index contributed by atoms with van der Waals surface area (Å²) in [4.78, 5) is 8.47. The number of aryl methyl sites for hydroxylation is 2. The van der Waals surface area contributed by atoms with Crippen LogP contribution >= 0.6 is 0 Å². The van der Waals surface area contributed by atoms with Gasteiger partial charge in [-0.15, -0.1) is 0 Å². The average Bonchev–Trinajstić information content (AvgIpc) is 2.78. The van der Waals surface area contributed by atoms with Crippen LogP contribution in [0, 0.1) is 6.92 Å². The molecule has 0 aliphatic rings. The highest BCUT2D eigenvalue weighted by Gasteiger charge is 2.16. The van der Waals surface area contributed by atoms with Gasteiger partial charge in [0.05, 0.1) is 6.04 Å². The first-order valence-corrected chi connectivity index (χ1v) is 5.71. The van der Waals surface area contributed by atoms with Crippen LogP contribution in [0.4, 0.5) is 0 Å². The minimum atomic E-state index is -0.377. The van der Waals surface area contributed by atoms with Crippen molar-refractivity contribution in [2.45, 2.75) is 32.7 Å². The molecule has 2 aromatic rings. The summed E-state index contributed by atoms with van der Waals surface area (Å²) in [6.07, 6.45) is 3.50. The topological polar surface area (TPSA) is 77.8 Å². The first kappa shape index (κ1) is 11.7. The van der Waals surface area contributed by atoms with Crippen molar-refractivity contribution in [3.63, 3.8) is 0 Å². The lowest BCUT2D eigenvalue weighted by Gasteiger charge is -2.06. The lowest BCUT2D eigenvalue weighted by Crippen LogP contribution is -2.14. The van der Waals surface area contributed by atoms with Crippen LogP contribution in [0.15, 0.2) is 22.9 Å². The number of hydrogen-bond donors (Lipinski definition) is 1. The van der Waals surface area contributed by atoms with Gasteiger partial charge in [0.15, 0.2) is 5.82 Å². The van der Waals surface area contributed by atoms with Crippen LogP contribution in [0.25, 0.3) is 0 Å². The average molecular weight is 232 g/mol. The molecule has 0 saturated carbocycles. The standard InChI is InChI=1S/C12H16N4O/c1-3-4-10-15-12(16-17-10)11(13)9-6-5-8(2)14-7-9/h5-7,11H,3-4,13H2,1-2H3. The molecule has 5 heteroatoms. The Labute approximate surface area is 100 Å². The predicted molar refractivity (Wildman–Crippen MR) is 63.3 cm³/mol. The zero-order valence-corrected chi connectivity index (χ0v) is 10.1. The van der Waals surface area contributed by atoms with E-state index >= 15 is 0 Å². The van der Waals surface area contributed by atoms with Crippen molar-refractivity contribution in [2.24, 2.45) is 5.73 Å². The maximum absolute atomic E-state index is 6.05. The third kappa shape index (κ3) is 2.68. The zero-order valence-electron chi connectivity index (χ0n) is 10.1. The fourth-order valence-corrected chi connectivity index (χ4v) is 1.52. The van der Waals surface area contributed by atoms with Gasteiger partial charge >= 0.3 is 0 Å². The molecule has 90 valence electrons. The molecule has 0 aliphatic heterocycles. The molecule has 0 spiro atoms. The predicted octanol–water partition coefficient (Wildman–Crippen LogP) is 1.77. The number of nitrogens with zero attached hydrogens (tertiary/aromatic N) is 3. The fraction of sp³-hybridized carbons (Fsp3) is 0.417. The molecule has 2 aromatic heterocycles. The Morgan fingerprint density at radius 3 is 2.88 bits per heavy atom. The smallest absolute Gasteiger partial charge is 0.226 e. The minimum Gasteiger partial charge on any atom is -0.339 e. The second-order valence-corrected chi connectivity index (χ2v) is 4.01. The quantitative estimate of drug-likeness (QED) is 0.869. The van der Waals surface area contributed by atoms with Gasteiger partial charge in [-0.05, 0) is 25.0 Å². The molecule has 2 heterocycles. The maximum atomic E-state index is 6.05. The Bertz CT molecular complexity index is 478. The Hall–Kier alpha value is -1.75. The van der Waals surface area contributed by atoms with Gasteiger partial charge < -0.3 is 10.3 Å². The van der Waals surface area contributed by atoms with E-state index in [2.05, 4.69) is 22.0 Å². The van der Waals surface area contributed by atoms with E-state index in [1.54, 1.807) is 6.20 Å². The second-order valence-electron chi connectivity index (χ2n) is 4.01. The second kappa shape index (κ2) is 5.05. The highest BCUT2D eigenvalue weighted by atomic mass is 16.5. The van der Waals surface area contributed by atoms with Crippen LogP contribution < -0.4 is 5.73 Å². The molecule has 0 saturated heterocycles. The van der Waals surface area contributed by atoms with Crippen LogP contribution in [0.2, 0.25) is 0 Å². The van der Waals surface area contributed by atoms with Gasteiger partial charge in [-0.3, -0.25) is 4.98 Å². The van der Waals surface area contributed by atoms with Gasteiger partial charge in [0.2, 0.25) is 5.89 Å². The van der Waals surface area contributed by atoms with E-state index < -0.39 is 0 Å².